The van der Waals surface area contributed by atoms with E-state index in [0.29, 0.717) is 93.7 Å². The molecule has 9 amide bonds. The summed E-state index contributed by atoms with van der Waals surface area (Å²) < 4.78 is 15.1. The van der Waals surface area contributed by atoms with Gasteiger partial charge in [-0.1, -0.05) is 63.8 Å². The Morgan fingerprint density at radius 2 is 1.04 bits per heavy atom. The lowest BCUT2D eigenvalue weighted by atomic mass is 10.0. The van der Waals surface area contributed by atoms with Gasteiger partial charge in [0.2, 0.25) is 35.4 Å². The van der Waals surface area contributed by atoms with Crippen LogP contribution in [0.1, 0.15) is 216 Å². The van der Waals surface area contributed by atoms with Gasteiger partial charge < -0.3 is 55.9 Å². The molecular weight excluding hydrogens is 1420 g/mol. The van der Waals surface area contributed by atoms with Crippen LogP contribution in [0.3, 0.4) is 0 Å². The summed E-state index contributed by atoms with van der Waals surface area (Å²) in [6, 6.07) is 19.8. The Bertz CT molecular complexity index is 4990. The zero-order valence-corrected chi connectivity index (χ0v) is 61.9. The third-order valence-electron chi connectivity index (χ3n) is 21.7. The average Bonchev–Trinajstić information content (AvgIpc) is 1.72. The number of amides is 9. The van der Waals surface area contributed by atoms with E-state index in [1.807, 2.05) is 27.6 Å². The topological polar surface area (TPSA) is 421 Å². The number of carbonyl (C=O) groups excluding carboxylic acids is 9. The maximum Gasteiger partial charge on any atom is 0.335 e. The molecule has 33 nitrogen and oxygen atoms in total. The molecule has 4 aromatic carbocycles. The van der Waals surface area contributed by atoms with Crippen LogP contribution in [0.4, 0.5) is 23.0 Å². The Balaban J connectivity index is 0.000000154. The molecule has 576 valence electrons. The van der Waals surface area contributed by atoms with Crippen LogP contribution in [0.15, 0.2) is 97.8 Å². The van der Waals surface area contributed by atoms with Gasteiger partial charge in [-0.15, -0.1) is 20.4 Å². The number of anilines is 4. The molecule has 6 aliphatic heterocycles. The molecule has 8 aromatic rings. The van der Waals surface area contributed by atoms with Crippen molar-refractivity contribution in [3.05, 3.63) is 166 Å². The van der Waals surface area contributed by atoms with Crippen molar-refractivity contribution >= 4 is 82.1 Å². The molecule has 2 aliphatic carbocycles. The molecule has 0 radical (unpaired) electrons. The predicted octanol–water partition coefficient (Wildman–Crippen LogP) is 6.69. The van der Waals surface area contributed by atoms with E-state index in [1.165, 1.54) is 41.5 Å². The van der Waals surface area contributed by atoms with E-state index in [2.05, 4.69) is 75.6 Å². The van der Waals surface area contributed by atoms with Gasteiger partial charge >= 0.3 is 5.97 Å². The maximum absolute atomic E-state index is 13.2. The maximum atomic E-state index is 13.2. The molecule has 33 heteroatoms. The first-order valence-electron chi connectivity index (χ1n) is 37.6. The lowest BCUT2D eigenvalue weighted by Gasteiger charge is -2.40. The number of carbonyl (C=O) groups is 10. The number of ether oxygens (including phenoxy) is 2. The Labute approximate surface area is 637 Å². The van der Waals surface area contributed by atoms with Gasteiger partial charge in [-0.25, -0.2) is 24.7 Å². The van der Waals surface area contributed by atoms with Crippen molar-refractivity contribution in [1.29, 1.82) is 0 Å². The van der Waals surface area contributed by atoms with Gasteiger partial charge in [-0.2, -0.15) is 0 Å². The van der Waals surface area contributed by atoms with Crippen LogP contribution in [0.25, 0.3) is 11.4 Å². The van der Waals surface area contributed by atoms with Crippen molar-refractivity contribution in [3.8, 4) is 22.9 Å². The van der Waals surface area contributed by atoms with Gasteiger partial charge in [0.25, 0.3) is 17.7 Å². The summed E-state index contributed by atoms with van der Waals surface area (Å²) in [4.78, 5) is 150. The van der Waals surface area contributed by atoms with E-state index in [9.17, 15) is 53.1 Å². The number of carboxylic acids is 1. The molecule has 0 bridgehead atoms. The van der Waals surface area contributed by atoms with Crippen LogP contribution in [-0.2, 0) is 54.7 Å². The monoisotopic (exact) mass is 1510 g/mol. The molecule has 10 heterocycles. The first kappa shape index (κ1) is 75.4. The summed E-state index contributed by atoms with van der Waals surface area (Å²) >= 11 is 0. The smallest absolute Gasteiger partial charge is 0.335 e. The average molecular weight is 1510 g/mol. The summed E-state index contributed by atoms with van der Waals surface area (Å²) in [6.07, 6.45) is 20.2. The number of benzene rings is 4. The lowest BCUT2D eigenvalue weighted by molar-refractivity contribution is -0.138. The third kappa shape index (κ3) is 15.4. The molecule has 8 N–H and O–H groups in total. The van der Waals surface area contributed by atoms with E-state index >= 15 is 0 Å². The number of imide groups is 2. The molecular formula is C78H86N20O13. The first-order chi connectivity index (χ1) is 53.8. The fourth-order valence-corrected chi connectivity index (χ4v) is 16.3. The SMILES string of the molecule is CC[C@@H]1c2nncn2-c2cnc(Cc3ccc(C(=O)NCCC(=O)Nc4cccc5c4CN(C4CCC(=O)NC4=O)C5=O)cc3OC)nc2N1C1CCCC1.CC[C@@H]1c2nncn2-c2cnc(Cc3ccc(C(=O)O)cc3OC)nc2N1C1CCCC1.NCCC(=O)Nc1cccc2c1CN(C1CCC(=O)NC1=O)C2=O. The molecule has 4 fully saturated rings. The molecule has 8 aliphatic rings. The van der Waals surface area contributed by atoms with Crippen molar-refractivity contribution in [2.75, 3.05) is 47.7 Å². The number of rotatable bonds is 21. The van der Waals surface area contributed by atoms with Gasteiger partial charge in [0.05, 0.1) is 44.3 Å². The number of hydrogen-bond acceptors (Lipinski definition) is 23. The minimum Gasteiger partial charge on any atom is -0.496 e. The van der Waals surface area contributed by atoms with Crippen molar-refractivity contribution < 1.29 is 62.5 Å². The first-order valence-corrected chi connectivity index (χ1v) is 37.6. The Morgan fingerprint density at radius 1 is 0.586 bits per heavy atom. The molecule has 4 atom stereocenters. The molecule has 16 rings (SSSR count). The number of carboxylic acid groups (broad SMARTS) is 1. The van der Waals surface area contributed by atoms with E-state index in [1.54, 1.807) is 87.5 Å². The number of hydrogen-bond donors (Lipinski definition) is 7. The Kier molecular flexibility index (Phi) is 22.3. The van der Waals surface area contributed by atoms with Gasteiger partial charge in [0, 0.05) is 127 Å². The van der Waals surface area contributed by atoms with Crippen molar-refractivity contribution in [1.82, 2.24) is 75.2 Å². The molecule has 2 saturated carbocycles. The molecule has 2 unspecified atom stereocenters. The van der Waals surface area contributed by atoms with Crippen LogP contribution in [0, 0.1) is 0 Å². The quantitative estimate of drug-likeness (QED) is 0.0368. The van der Waals surface area contributed by atoms with Crippen LogP contribution in [-0.4, -0.2) is 175 Å². The second-order valence-corrected chi connectivity index (χ2v) is 28.5. The van der Waals surface area contributed by atoms with Gasteiger partial charge in [-0.3, -0.25) is 62.9 Å². The van der Waals surface area contributed by atoms with E-state index in [4.69, 9.17) is 30.2 Å². The number of nitrogens with one attached hydrogen (secondary N) is 5. The fraction of sp³-hybridized carbons (Fsp3) is 0.410. The van der Waals surface area contributed by atoms with Crippen molar-refractivity contribution in [3.63, 3.8) is 0 Å². The number of methoxy groups -OCH3 is 2. The second kappa shape index (κ2) is 32.8. The standard InChI is InChI=1S/C39H42N10O6.C23H26N6O3.C16H18N4O4/c1-3-28-36-46-42-21-48(36)30-19-41-32(44-35(30)49(28)24-7-4-5-8-24)18-22-11-12-23(17-31(22)55-2)37(52)40-16-15-34(51)43-27-10-6-9-25-26(27)20-47(39(25)54)29-13-14-33(50)45-38(29)53;1-3-17-22-27-25-13-28(22)18-12-24-20(26-21(18)29(17)16-6-4-5-7-16)11-14-8-9-15(23(30)31)10-19(14)32-2;17-7-6-14(22)18-11-3-1-2-9-10(11)8-20(16(9)24)12-4-5-13(21)19-15(12)23/h6,9-12,17,19,21,24,28-29H,3-5,7-8,13-16,18,20H2,1-2H3,(H,40,52)(H,43,51)(H,45,50,53);8-10,12-13,16-17H,3-7,11H2,1-2H3,(H,30,31);1-3,12H,4-8,17H2,(H,18,22)(H,19,21,23)/t28-,29?;17-;/m11./s1. The Hall–Kier alpha value is -12.4. The molecule has 0 spiro atoms. The molecule has 2 saturated heterocycles. The van der Waals surface area contributed by atoms with E-state index in [-0.39, 0.29) is 117 Å². The third-order valence-corrected chi connectivity index (χ3v) is 21.7. The minimum absolute atomic E-state index is 0.0154. The van der Waals surface area contributed by atoms with Crippen molar-refractivity contribution in [2.24, 2.45) is 5.73 Å². The molecule has 4 aromatic heterocycles. The summed E-state index contributed by atoms with van der Waals surface area (Å²) in [7, 11) is 3.09. The number of aromatic carboxylic acids is 1. The summed E-state index contributed by atoms with van der Waals surface area (Å²) in [5.41, 5.74) is 12.5. The van der Waals surface area contributed by atoms with Gasteiger partial charge in [-0.05, 0) is 99.9 Å². The number of piperidine rings is 2. The van der Waals surface area contributed by atoms with Crippen LogP contribution in [0.5, 0.6) is 11.5 Å². The highest BCUT2D eigenvalue weighted by molar-refractivity contribution is 6.08. The summed E-state index contributed by atoms with van der Waals surface area (Å²) in [6.45, 7) is 5.00. The van der Waals surface area contributed by atoms with Crippen LogP contribution >= 0.6 is 0 Å². The second-order valence-electron chi connectivity index (χ2n) is 28.5. The van der Waals surface area contributed by atoms with Crippen molar-refractivity contribution in [2.45, 2.75) is 179 Å². The summed E-state index contributed by atoms with van der Waals surface area (Å²) in [5, 5.41) is 39.5. The zero-order chi connectivity index (χ0) is 77.7. The highest BCUT2D eigenvalue weighted by Crippen LogP contribution is 2.45. The lowest BCUT2D eigenvalue weighted by Crippen LogP contribution is -2.52. The number of nitrogens with zero attached hydrogens (tertiary/aromatic N) is 14. The highest BCUT2D eigenvalue weighted by Gasteiger charge is 2.44. The largest absolute Gasteiger partial charge is 0.496 e. The van der Waals surface area contributed by atoms with Gasteiger partial charge in [0.15, 0.2) is 23.3 Å². The normalized spacial score (nSPS) is 18.9. The minimum atomic E-state index is -0.984. The van der Waals surface area contributed by atoms with E-state index < -0.39 is 29.9 Å². The fourth-order valence-electron chi connectivity index (χ4n) is 16.3. The van der Waals surface area contributed by atoms with Gasteiger partial charge in [0.1, 0.15) is 59.3 Å². The number of fused-ring (bicyclic) bond motifs is 8. The van der Waals surface area contributed by atoms with Crippen LogP contribution < -0.4 is 51.6 Å². The number of nitrogens with two attached hydrogens (primary N) is 1. The predicted molar refractivity (Wildman–Crippen MR) is 401 cm³/mol. The van der Waals surface area contributed by atoms with Crippen LogP contribution in [0.2, 0.25) is 0 Å². The summed E-state index contributed by atoms with van der Waals surface area (Å²) in [5.74, 6) is 1.83. The highest BCUT2D eigenvalue weighted by atomic mass is 16.5. The van der Waals surface area contributed by atoms with E-state index in [0.717, 1.165) is 84.3 Å². The zero-order valence-electron chi connectivity index (χ0n) is 61.9. The number of aromatic nitrogens is 10. The Morgan fingerprint density at radius 3 is 1.47 bits per heavy atom. The molecule has 111 heavy (non-hydrogen) atoms.